The first kappa shape index (κ1) is 18.8. The fourth-order valence-corrected chi connectivity index (χ4v) is 9.31. The van der Waals surface area contributed by atoms with Crippen LogP contribution in [0.25, 0.3) is 10.9 Å². The molecule has 34 heavy (non-hydrogen) atoms. The SMILES string of the molecule is C[C@@]12Cc3c(n4c5c(cccc35)CCC4)[C@@H]3Oc4c(O)ccc5c4[C@@]31CCN(CC1CC1)[C@@H]2C5. The summed E-state index contributed by atoms with van der Waals surface area (Å²) in [7, 11) is 0. The van der Waals surface area contributed by atoms with Crippen molar-refractivity contribution in [2.24, 2.45) is 11.3 Å². The van der Waals surface area contributed by atoms with Gasteiger partial charge in [-0.1, -0.05) is 31.2 Å². The molecule has 3 aromatic rings. The van der Waals surface area contributed by atoms with Crippen LogP contribution in [0, 0.1) is 11.3 Å². The van der Waals surface area contributed by atoms with Crippen LogP contribution in [0.1, 0.15) is 66.7 Å². The number of aromatic nitrogens is 1. The average molecular weight is 453 g/mol. The molecule has 174 valence electrons. The number of nitrogens with zero attached hydrogens (tertiary/aromatic N) is 2. The summed E-state index contributed by atoms with van der Waals surface area (Å²) >= 11 is 0. The monoisotopic (exact) mass is 452 g/mol. The molecule has 4 heteroatoms. The zero-order valence-corrected chi connectivity index (χ0v) is 19.9. The Balaban J connectivity index is 1.36. The van der Waals surface area contributed by atoms with Crippen molar-refractivity contribution >= 4 is 10.9 Å². The number of benzene rings is 2. The predicted molar refractivity (Wildman–Crippen MR) is 132 cm³/mol. The first-order valence-corrected chi connectivity index (χ1v) is 13.5. The highest BCUT2D eigenvalue weighted by Crippen LogP contribution is 2.72. The van der Waals surface area contributed by atoms with Crippen LogP contribution < -0.4 is 4.74 Å². The highest BCUT2D eigenvalue weighted by Gasteiger charge is 2.71. The molecule has 6 aliphatic rings. The van der Waals surface area contributed by atoms with Crippen molar-refractivity contribution in [1.82, 2.24) is 9.47 Å². The Hall–Kier alpha value is -2.46. The van der Waals surface area contributed by atoms with Gasteiger partial charge in [-0.2, -0.15) is 0 Å². The Morgan fingerprint density at radius 2 is 2.03 bits per heavy atom. The third kappa shape index (κ3) is 1.93. The molecule has 4 atom stereocenters. The van der Waals surface area contributed by atoms with Crippen molar-refractivity contribution < 1.29 is 9.84 Å². The first-order chi connectivity index (χ1) is 16.6. The van der Waals surface area contributed by atoms with E-state index in [1.807, 2.05) is 6.07 Å². The van der Waals surface area contributed by atoms with E-state index in [-0.39, 0.29) is 16.9 Å². The smallest absolute Gasteiger partial charge is 0.166 e. The molecule has 1 saturated heterocycles. The highest BCUT2D eigenvalue weighted by atomic mass is 16.5. The van der Waals surface area contributed by atoms with Crippen LogP contribution >= 0.6 is 0 Å². The molecule has 1 saturated carbocycles. The number of phenolic OH excluding ortho intramolecular Hbond substituents is 1. The zero-order chi connectivity index (χ0) is 22.4. The number of hydrogen-bond acceptors (Lipinski definition) is 3. The van der Waals surface area contributed by atoms with Crippen LogP contribution in [0.2, 0.25) is 0 Å². The third-order valence-corrected chi connectivity index (χ3v) is 10.9. The topological polar surface area (TPSA) is 37.6 Å². The van der Waals surface area contributed by atoms with Crippen LogP contribution in [0.4, 0.5) is 0 Å². The first-order valence-electron chi connectivity index (χ1n) is 13.5. The summed E-state index contributed by atoms with van der Waals surface area (Å²) in [5.74, 6) is 2.04. The molecule has 0 unspecified atom stereocenters. The second-order valence-electron chi connectivity index (χ2n) is 12.4. The summed E-state index contributed by atoms with van der Waals surface area (Å²) in [5.41, 5.74) is 8.78. The van der Waals surface area contributed by atoms with Crippen LogP contribution in [0.5, 0.6) is 11.5 Å². The standard InChI is InChI=1S/C30H32N2O2/c1-29-15-21-20-6-2-4-18-5-3-12-32(25(18)20)26(21)28-30(29)11-13-31(16-17-7-8-17)23(29)14-19-9-10-22(33)27(34-28)24(19)30/h2,4,6,9-10,17,23,28,33H,3,5,7-8,11-16H2,1H3/t23-,28+,29+,30+/m1/s1. The number of likely N-dealkylation sites (tertiary alicyclic amines) is 1. The summed E-state index contributed by atoms with van der Waals surface area (Å²) in [6.45, 7) is 6.10. The number of ether oxygens (including phenoxy) is 1. The Labute approximate surface area is 200 Å². The van der Waals surface area contributed by atoms with Crippen molar-refractivity contribution in [3.63, 3.8) is 0 Å². The fourth-order valence-electron chi connectivity index (χ4n) is 9.31. The Morgan fingerprint density at radius 1 is 1.12 bits per heavy atom. The molecule has 1 aromatic heterocycles. The van der Waals surface area contributed by atoms with E-state index >= 15 is 0 Å². The second kappa shape index (κ2) is 5.84. The van der Waals surface area contributed by atoms with E-state index in [0.29, 0.717) is 11.8 Å². The summed E-state index contributed by atoms with van der Waals surface area (Å²) in [6, 6.07) is 11.6. The van der Waals surface area contributed by atoms with Gasteiger partial charge in [0, 0.05) is 35.5 Å². The maximum Gasteiger partial charge on any atom is 0.166 e. The van der Waals surface area contributed by atoms with Crippen LogP contribution in [-0.4, -0.2) is 33.7 Å². The molecule has 9 rings (SSSR count). The number of aromatic hydroxyl groups is 1. The molecule has 0 radical (unpaired) electrons. The zero-order valence-electron chi connectivity index (χ0n) is 19.9. The van der Waals surface area contributed by atoms with Crippen molar-refractivity contribution in [1.29, 1.82) is 0 Å². The molecular weight excluding hydrogens is 420 g/mol. The molecule has 3 aliphatic heterocycles. The Morgan fingerprint density at radius 3 is 2.91 bits per heavy atom. The molecule has 1 spiro atoms. The van der Waals surface area contributed by atoms with Gasteiger partial charge in [0.1, 0.15) is 6.10 Å². The van der Waals surface area contributed by atoms with Gasteiger partial charge in [0.05, 0.1) is 16.6 Å². The number of rotatable bonds is 2. The maximum absolute atomic E-state index is 11.0. The van der Waals surface area contributed by atoms with E-state index in [1.165, 1.54) is 71.1 Å². The van der Waals surface area contributed by atoms with E-state index < -0.39 is 0 Å². The number of para-hydroxylation sites is 1. The molecule has 2 fully saturated rings. The van der Waals surface area contributed by atoms with Crippen molar-refractivity contribution in [2.75, 3.05) is 13.1 Å². The minimum absolute atomic E-state index is 0.00697. The maximum atomic E-state index is 11.0. The number of phenols is 1. The van der Waals surface area contributed by atoms with Gasteiger partial charge in [0.15, 0.2) is 11.5 Å². The van der Waals surface area contributed by atoms with Crippen LogP contribution in [0.3, 0.4) is 0 Å². The van der Waals surface area contributed by atoms with Crippen LogP contribution in [0.15, 0.2) is 30.3 Å². The van der Waals surface area contributed by atoms with Crippen molar-refractivity contribution in [3.8, 4) is 11.5 Å². The second-order valence-corrected chi connectivity index (χ2v) is 12.4. The molecule has 4 heterocycles. The number of hydrogen-bond donors (Lipinski definition) is 1. The van der Waals surface area contributed by atoms with Gasteiger partial charge < -0.3 is 14.4 Å². The lowest BCUT2D eigenvalue weighted by Gasteiger charge is -2.64. The molecule has 1 N–H and O–H groups in total. The van der Waals surface area contributed by atoms with Crippen LogP contribution in [-0.2, 0) is 31.2 Å². The normalized spacial score (nSPS) is 34.6. The van der Waals surface area contributed by atoms with Crippen molar-refractivity contribution in [3.05, 3.63) is 58.3 Å². The van der Waals surface area contributed by atoms with Gasteiger partial charge in [-0.05, 0) is 80.2 Å². The quantitative estimate of drug-likeness (QED) is 0.576. The molecular formula is C30H32N2O2. The lowest BCUT2D eigenvalue weighted by molar-refractivity contribution is -0.101. The number of fused-ring (bicyclic) bond motifs is 4. The third-order valence-electron chi connectivity index (χ3n) is 10.9. The van der Waals surface area contributed by atoms with Gasteiger partial charge in [-0.3, -0.25) is 4.90 Å². The Bertz CT molecular complexity index is 1420. The van der Waals surface area contributed by atoms with E-state index in [1.54, 1.807) is 0 Å². The lowest BCUT2D eigenvalue weighted by atomic mass is 9.44. The molecule has 3 aliphatic carbocycles. The summed E-state index contributed by atoms with van der Waals surface area (Å²) < 4.78 is 9.61. The number of aryl methyl sites for hydroxylation is 2. The highest BCUT2D eigenvalue weighted by molar-refractivity contribution is 5.90. The molecule has 0 amide bonds. The van der Waals surface area contributed by atoms with E-state index in [0.717, 1.165) is 44.0 Å². The minimum Gasteiger partial charge on any atom is -0.504 e. The minimum atomic E-state index is -0.0438. The fraction of sp³-hybridized carbons (Fsp3) is 0.533. The molecule has 2 aromatic carbocycles. The molecule has 4 nitrogen and oxygen atoms in total. The van der Waals surface area contributed by atoms with Gasteiger partial charge in [-0.15, -0.1) is 0 Å². The van der Waals surface area contributed by atoms with E-state index in [4.69, 9.17) is 4.74 Å². The molecule has 2 bridgehead atoms. The van der Waals surface area contributed by atoms with E-state index in [2.05, 4.69) is 40.7 Å². The van der Waals surface area contributed by atoms with Gasteiger partial charge in [-0.25, -0.2) is 0 Å². The average Bonchev–Trinajstić information content (AvgIpc) is 3.50. The van der Waals surface area contributed by atoms with Gasteiger partial charge >= 0.3 is 0 Å². The summed E-state index contributed by atoms with van der Waals surface area (Å²) in [5, 5.41) is 12.5. The van der Waals surface area contributed by atoms with E-state index in [9.17, 15) is 5.11 Å². The predicted octanol–water partition coefficient (Wildman–Crippen LogP) is 5.27. The summed E-state index contributed by atoms with van der Waals surface area (Å²) in [6.07, 6.45) is 8.54. The van der Waals surface area contributed by atoms with Gasteiger partial charge in [0.2, 0.25) is 0 Å². The lowest BCUT2D eigenvalue weighted by Crippen LogP contribution is -2.69. The largest absolute Gasteiger partial charge is 0.504 e. The number of piperidine rings is 1. The summed E-state index contributed by atoms with van der Waals surface area (Å²) in [4.78, 5) is 2.86. The Kier molecular flexibility index (Phi) is 3.23. The van der Waals surface area contributed by atoms with Crippen molar-refractivity contribution in [2.45, 2.75) is 76.0 Å². The van der Waals surface area contributed by atoms with Gasteiger partial charge in [0.25, 0.3) is 0 Å².